The minimum absolute atomic E-state index is 0.107. The molecule has 1 saturated heterocycles. The Hall–Kier alpha value is -6.09. The van der Waals surface area contributed by atoms with Crippen molar-refractivity contribution < 1.29 is 52.7 Å². The van der Waals surface area contributed by atoms with Gasteiger partial charge in [0.1, 0.15) is 60.4 Å². The van der Waals surface area contributed by atoms with E-state index in [0.29, 0.717) is 12.8 Å². The normalized spacial score (nSPS) is 26.7. The zero-order chi connectivity index (χ0) is 66.7. The SMILES string of the molecule is C/C=C/CC(C)C(CC)C1C(=O)NC(CC)C(=O)N(C)CC(=O)N(C)C(CC(C)C)C(=O)NC(C(C)C)C(=O)N(C)C(CC(C)C)C(=O)NC(C)C(=O)NC(C)C(=O)N(C)C(CC(C)C)C(=O)N(C)C(CC(C)C)C(=O)N(C)C(C(C)C)C(=O)N1C. The Labute approximate surface area is 516 Å². The van der Waals surface area contributed by atoms with Gasteiger partial charge in [0.2, 0.25) is 65.0 Å². The largest absolute Gasteiger partial charge is 0.343 e. The first kappa shape index (κ1) is 77.9. The van der Waals surface area contributed by atoms with Crippen LogP contribution >= 0.6 is 0 Å². The summed E-state index contributed by atoms with van der Waals surface area (Å²) in [5.74, 6) is -8.76. The van der Waals surface area contributed by atoms with Gasteiger partial charge in [0, 0.05) is 49.3 Å². The van der Waals surface area contributed by atoms with Gasteiger partial charge in [-0.2, -0.15) is 0 Å². The van der Waals surface area contributed by atoms with Gasteiger partial charge >= 0.3 is 0 Å². The third-order valence-electron chi connectivity index (χ3n) is 16.8. The third-order valence-corrected chi connectivity index (χ3v) is 16.8. The smallest absolute Gasteiger partial charge is 0.246 e. The van der Waals surface area contributed by atoms with E-state index in [9.17, 15) is 33.6 Å². The van der Waals surface area contributed by atoms with Crippen molar-refractivity contribution in [3.05, 3.63) is 12.2 Å². The molecule has 0 aromatic heterocycles. The Morgan fingerprint density at radius 1 is 0.442 bits per heavy atom. The zero-order valence-electron chi connectivity index (χ0n) is 57.3. The molecule has 0 radical (unpaired) electrons. The predicted octanol–water partition coefficient (Wildman–Crippen LogP) is 4.93. The highest BCUT2D eigenvalue weighted by molar-refractivity contribution is 5.99. The number of nitrogens with one attached hydrogen (secondary N) is 4. The molecule has 0 aromatic carbocycles. The van der Waals surface area contributed by atoms with Gasteiger partial charge in [-0.25, -0.2) is 0 Å². The fourth-order valence-electron chi connectivity index (χ4n) is 11.4. The molecule has 86 heavy (non-hydrogen) atoms. The molecule has 492 valence electrons. The summed E-state index contributed by atoms with van der Waals surface area (Å²) in [6.07, 6.45) is 5.75. The summed E-state index contributed by atoms with van der Waals surface area (Å²) in [6.45, 7) is 32.1. The van der Waals surface area contributed by atoms with Crippen molar-refractivity contribution in [1.29, 1.82) is 0 Å². The molecule has 0 bridgehead atoms. The second-order valence-corrected chi connectivity index (χ2v) is 26.7. The standard InChI is InChI=1S/C64H115N11O11/c1-26-29-30-42(16)45(27-2)54-58(80)67-46(28-3)60(82)69(19)35-51(76)70(20)47(31-36(4)5)57(79)68-52(40(12)13)63(85)71(21)48(32-37(6)7)56(78)65-43(17)55(77)66-44(18)59(81)72(22)49(33-38(8)9)61(83)73(23)50(34-39(10)11)62(84)74(24)53(41(14)15)64(86)75(54)25/h26,29,36-50,52-54H,27-28,30-35H2,1-25H3,(H,65,78)(H,66,77)(H,67,80)(H,68,79)/b29-26+. The quantitative estimate of drug-likeness (QED) is 0.151. The lowest BCUT2D eigenvalue weighted by molar-refractivity contribution is -0.156. The van der Waals surface area contributed by atoms with Crippen molar-refractivity contribution in [3.8, 4) is 0 Å². The monoisotopic (exact) mass is 1210 g/mol. The van der Waals surface area contributed by atoms with Crippen molar-refractivity contribution in [2.45, 2.75) is 230 Å². The second-order valence-electron chi connectivity index (χ2n) is 26.7. The van der Waals surface area contributed by atoms with Crippen LogP contribution in [0.3, 0.4) is 0 Å². The Balaban J connectivity index is 4.36. The van der Waals surface area contributed by atoms with Crippen LogP contribution in [0.4, 0.5) is 0 Å². The van der Waals surface area contributed by atoms with Crippen LogP contribution in [-0.4, -0.2) is 216 Å². The lowest BCUT2D eigenvalue weighted by Crippen LogP contribution is -2.62. The minimum atomic E-state index is -1.21. The van der Waals surface area contributed by atoms with E-state index in [0.717, 1.165) is 0 Å². The topological polar surface area (TPSA) is 259 Å². The van der Waals surface area contributed by atoms with Crippen molar-refractivity contribution >= 4 is 65.0 Å². The molecule has 0 saturated carbocycles. The molecule has 12 atom stereocenters. The van der Waals surface area contributed by atoms with Crippen LogP contribution in [0, 0.1) is 47.3 Å². The second kappa shape index (κ2) is 35.7. The molecule has 0 spiro atoms. The van der Waals surface area contributed by atoms with Crippen molar-refractivity contribution in [1.82, 2.24) is 55.6 Å². The maximum Gasteiger partial charge on any atom is 0.246 e. The first-order chi connectivity index (χ1) is 39.7. The molecule has 22 nitrogen and oxygen atoms in total. The fourth-order valence-corrected chi connectivity index (χ4v) is 11.4. The summed E-state index contributed by atoms with van der Waals surface area (Å²) in [5, 5.41) is 11.2. The molecule has 1 aliphatic rings. The van der Waals surface area contributed by atoms with Gasteiger partial charge in [-0.05, 0) is 107 Å². The number of likely N-dealkylation sites (N-methyl/N-ethyl adjacent to an activating group) is 7. The molecule has 11 amide bonds. The number of allylic oxidation sites excluding steroid dienone is 2. The van der Waals surface area contributed by atoms with Gasteiger partial charge in [0.15, 0.2) is 0 Å². The summed E-state index contributed by atoms with van der Waals surface area (Å²) in [5.41, 5.74) is 0. The van der Waals surface area contributed by atoms with Crippen LogP contribution in [0.1, 0.15) is 170 Å². The lowest BCUT2D eigenvalue weighted by atomic mass is 9.81. The Bertz CT molecular complexity index is 2340. The van der Waals surface area contributed by atoms with Crippen LogP contribution in [0.2, 0.25) is 0 Å². The number of hydrogen-bond acceptors (Lipinski definition) is 11. The van der Waals surface area contributed by atoms with E-state index in [1.807, 2.05) is 88.3 Å². The van der Waals surface area contributed by atoms with Gasteiger partial charge in [-0.3, -0.25) is 52.7 Å². The first-order valence-corrected chi connectivity index (χ1v) is 31.4. The molecule has 0 aromatic rings. The molecule has 4 N–H and O–H groups in total. The molecular weight excluding hydrogens is 1100 g/mol. The highest BCUT2D eigenvalue weighted by Crippen LogP contribution is 2.30. The van der Waals surface area contributed by atoms with Crippen LogP contribution in [0.15, 0.2) is 12.2 Å². The van der Waals surface area contributed by atoms with Gasteiger partial charge in [-0.1, -0.05) is 122 Å². The van der Waals surface area contributed by atoms with E-state index in [4.69, 9.17) is 0 Å². The fraction of sp³-hybridized carbons (Fsp3) is 0.797. The average molecular weight is 1210 g/mol. The summed E-state index contributed by atoms with van der Waals surface area (Å²) in [6, 6.07) is -11.5. The summed E-state index contributed by atoms with van der Waals surface area (Å²) < 4.78 is 0. The molecule has 12 unspecified atom stereocenters. The molecule has 1 heterocycles. The van der Waals surface area contributed by atoms with E-state index in [2.05, 4.69) is 21.3 Å². The Morgan fingerprint density at radius 3 is 1.30 bits per heavy atom. The van der Waals surface area contributed by atoms with E-state index in [-0.39, 0.29) is 61.7 Å². The van der Waals surface area contributed by atoms with Crippen molar-refractivity contribution in [2.24, 2.45) is 47.3 Å². The number of carbonyl (C=O) groups is 11. The minimum Gasteiger partial charge on any atom is -0.343 e. The van der Waals surface area contributed by atoms with Gasteiger partial charge in [0.05, 0.1) is 6.54 Å². The number of carbonyl (C=O) groups excluding carboxylic acids is 11. The summed E-state index contributed by atoms with van der Waals surface area (Å²) >= 11 is 0. The Kier molecular flexibility index (Phi) is 32.3. The van der Waals surface area contributed by atoms with Gasteiger partial charge in [0.25, 0.3) is 0 Å². The molecule has 1 aliphatic heterocycles. The average Bonchev–Trinajstić information content (AvgIpc) is 1.16. The molecule has 1 fully saturated rings. The lowest BCUT2D eigenvalue weighted by Gasteiger charge is -2.42. The number of hydrogen-bond donors (Lipinski definition) is 4. The van der Waals surface area contributed by atoms with E-state index in [1.165, 1.54) is 97.5 Å². The van der Waals surface area contributed by atoms with E-state index in [1.54, 1.807) is 34.6 Å². The predicted molar refractivity (Wildman–Crippen MR) is 336 cm³/mol. The molecular formula is C64H115N11O11. The van der Waals surface area contributed by atoms with Crippen molar-refractivity contribution in [2.75, 3.05) is 55.9 Å². The molecule has 1 rings (SSSR count). The highest BCUT2D eigenvalue weighted by Gasteiger charge is 2.45. The van der Waals surface area contributed by atoms with Gasteiger partial charge in [-0.15, -0.1) is 0 Å². The maximum absolute atomic E-state index is 15.4. The summed E-state index contributed by atoms with van der Waals surface area (Å²) in [7, 11) is 10.3. The van der Waals surface area contributed by atoms with Gasteiger partial charge < -0.3 is 55.6 Å². The molecule has 22 heteroatoms. The van der Waals surface area contributed by atoms with Crippen LogP contribution in [0.25, 0.3) is 0 Å². The van der Waals surface area contributed by atoms with E-state index >= 15 is 19.2 Å². The summed E-state index contributed by atoms with van der Waals surface area (Å²) in [4.78, 5) is 170. The van der Waals surface area contributed by atoms with E-state index < -0.39 is 150 Å². The van der Waals surface area contributed by atoms with Crippen LogP contribution in [0.5, 0.6) is 0 Å². The number of amides is 11. The Morgan fingerprint density at radius 2 is 0.860 bits per heavy atom. The van der Waals surface area contributed by atoms with Crippen LogP contribution in [-0.2, 0) is 52.7 Å². The third kappa shape index (κ3) is 21.6. The number of nitrogens with zero attached hydrogens (tertiary/aromatic N) is 7. The van der Waals surface area contributed by atoms with Crippen LogP contribution < -0.4 is 21.3 Å². The highest BCUT2D eigenvalue weighted by atomic mass is 16.2. The first-order valence-electron chi connectivity index (χ1n) is 31.4. The zero-order valence-corrected chi connectivity index (χ0v) is 57.3. The number of rotatable bonds is 16. The molecule has 0 aliphatic carbocycles. The maximum atomic E-state index is 15.4. The van der Waals surface area contributed by atoms with Crippen molar-refractivity contribution in [3.63, 3.8) is 0 Å².